The first-order valence-corrected chi connectivity index (χ1v) is 8.18. The minimum absolute atomic E-state index is 1.19. The summed E-state index contributed by atoms with van der Waals surface area (Å²) >= 11 is 13.8. The van der Waals surface area contributed by atoms with Gasteiger partial charge >= 0.3 is 5.20 Å². The molecule has 0 aromatic rings. The molecule has 0 heterocycles. The maximum Gasteiger partial charge on any atom is 0.339 e. The highest BCUT2D eigenvalue weighted by Crippen LogP contribution is 2.61. The van der Waals surface area contributed by atoms with Gasteiger partial charge in [0.15, 0.2) is 0 Å². The zero-order valence-electron chi connectivity index (χ0n) is 7.56. The van der Waals surface area contributed by atoms with Crippen molar-refractivity contribution in [1.29, 1.82) is 0 Å². The molecule has 76 valence electrons. The van der Waals surface area contributed by atoms with Crippen molar-refractivity contribution in [2.24, 2.45) is 0 Å². The SMILES string of the molecule is CCN(CC)CC.O=P(Cl)(Cl)Cl. The Balaban J connectivity index is 0. The van der Waals surface area contributed by atoms with E-state index in [-0.39, 0.29) is 0 Å². The molecule has 0 spiro atoms. The molecular weight excluding hydrogens is 239 g/mol. The van der Waals surface area contributed by atoms with Crippen molar-refractivity contribution in [2.45, 2.75) is 20.8 Å². The van der Waals surface area contributed by atoms with Gasteiger partial charge in [0.25, 0.3) is 0 Å². The van der Waals surface area contributed by atoms with Gasteiger partial charge < -0.3 is 4.90 Å². The molecule has 0 rings (SSSR count). The Bertz CT molecular complexity index is 121. The van der Waals surface area contributed by atoms with Crippen molar-refractivity contribution in [3.8, 4) is 0 Å². The molecule has 0 amide bonds. The van der Waals surface area contributed by atoms with E-state index in [0.29, 0.717) is 0 Å². The lowest BCUT2D eigenvalue weighted by atomic mass is 10.5. The number of nitrogens with zero attached hydrogens (tertiary/aromatic N) is 1. The summed E-state index contributed by atoms with van der Waals surface area (Å²) in [6.07, 6.45) is 0. The summed E-state index contributed by atoms with van der Waals surface area (Å²) in [5, 5.41) is -3.22. The highest BCUT2D eigenvalue weighted by molar-refractivity contribution is 8.24. The van der Waals surface area contributed by atoms with Crippen LogP contribution in [0.15, 0.2) is 0 Å². The van der Waals surface area contributed by atoms with Gasteiger partial charge in [-0.15, -0.1) is 0 Å². The van der Waals surface area contributed by atoms with Crippen LogP contribution in [0.3, 0.4) is 0 Å². The predicted molar refractivity (Wildman–Crippen MR) is 58.6 cm³/mol. The normalized spacial score (nSPS) is 10.9. The maximum absolute atomic E-state index is 9.51. The summed E-state index contributed by atoms with van der Waals surface area (Å²) in [6, 6.07) is 0. The fourth-order valence-corrected chi connectivity index (χ4v) is 0.671. The maximum atomic E-state index is 9.51. The van der Waals surface area contributed by atoms with E-state index in [1.54, 1.807) is 0 Å². The monoisotopic (exact) mass is 253 g/mol. The first kappa shape index (κ1) is 15.5. The van der Waals surface area contributed by atoms with Crippen LogP contribution in [-0.4, -0.2) is 24.5 Å². The molecule has 0 aliphatic carbocycles. The van der Waals surface area contributed by atoms with Crippen LogP contribution in [0.2, 0.25) is 0 Å². The molecule has 0 bridgehead atoms. The molecule has 0 saturated carbocycles. The molecule has 0 aromatic carbocycles. The molecule has 0 radical (unpaired) electrons. The van der Waals surface area contributed by atoms with Crippen LogP contribution in [0, 0.1) is 0 Å². The Morgan fingerprint density at radius 2 is 1.17 bits per heavy atom. The summed E-state index contributed by atoms with van der Waals surface area (Å²) in [5.41, 5.74) is 0. The second-order valence-electron chi connectivity index (χ2n) is 2.02. The van der Waals surface area contributed by atoms with E-state index in [1.165, 1.54) is 19.6 Å². The van der Waals surface area contributed by atoms with Crippen LogP contribution in [0.1, 0.15) is 20.8 Å². The first-order chi connectivity index (χ1) is 5.35. The van der Waals surface area contributed by atoms with E-state index in [9.17, 15) is 4.57 Å². The third-order valence-electron chi connectivity index (χ3n) is 1.34. The van der Waals surface area contributed by atoms with Gasteiger partial charge in [0.05, 0.1) is 0 Å². The minimum atomic E-state index is -3.22. The van der Waals surface area contributed by atoms with Gasteiger partial charge in [-0.2, -0.15) is 0 Å². The molecule has 0 aromatic heterocycles. The predicted octanol–water partition coefficient (Wildman–Crippen LogP) is 4.16. The molecule has 0 N–H and O–H groups in total. The van der Waals surface area contributed by atoms with Gasteiger partial charge in [-0.05, 0) is 53.4 Å². The summed E-state index contributed by atoms with van der Waals surface area (Å²) in [7, 11) is 0. The first-order valence-electron chi connectivity index (χ1n) is 3.76. The van der Waals surface area contributed by atoms with Crippen molar-refractivity contribution in [3.63, 3.8) is 0 Å². The fourth-order valence-electron chi connectivity index (χ4n) is 0.671. The molecule has 0 aliphatic heterocycles. The molecular formula is C6H15Cl3NOP. The molecule has 0 unspecified atom stereocenters. The average molecular weight is 255 g/mol. The van der Waals surface area contributed by atoms with Crippen molar-refractivity contribution in [2.75, 3.05) is 19.6 Å². The largest absolute Gasteiger partial charge is 0.339 e. The van der Waals surface area contributed by atoms with E-state index < -0.39 is 5.20 Å². The van der Waals surface area contributed by atoms with Crippen LogP contribution < -0.4 is 0 Å². The highest BCUT2D eigenvalue weighted by Gasteiger charge is 2.02. The Morgan fingerprint density at radius 3 is 1.17 bits per heavy atom. The standard InChI is InChI=1S/C6H15N.Cl3OP/c1-4-7(5-2)6-3;1-5(2,3)4/h4-6H2,1-3H3;. The fraction of sp³-hybridized carbons (Fsp3) is 1.00. The Kier molecular flexibility index (Phi) is 11.2. The molecule has 2 nitrogen and oxygen atoms in total. The van der Waals surface area contributed by atoms with Crippen molar-refractivity contribution < 1.29 is 4.57 Å². The second-order valence-corrected chi connectivity index (χ2v) is 8.66. The molecule has 0 saturated heterocycles. The molecule has 6 heteroatoms. The lowest BCUT2D eigenvalue weighted by molar-refractivity contribution is 0.321. The summed E-state index contributed by atoms with van der Waals surface area (Å²) < 4.78 is 9.51. The average Bonchev–Trinajstić information content (AvgIpc) is 1.88. The lowest BCUT2D eigenvalue weighted by Gasteiger charge is -2.13. The van der Waals surface area contributed by atoms with E-state index in [2.05, 4.69) is 59.4 Å². The Hall–Kier alpha value is 1.06. The van der Waals surface area contributed by atoms with Gasteiger partial charge in [0, 0.05) is 0 Å². The van der Waals surface area contributed by atoms with Gasteiger partial charge in [-0.25, -0.2) is 0 Å². The van der Waals surface area contributed by atoms with Gasteiger partial charge in [0.2, 0.25) is 0 Å². The van der Waals surface area contributed by atoms with E-state index in [1.807, 2.05) is 0 Å². The summed E-state index contributed by atoms with van der Waals surface area (Å²) in [6.45, 7) is 10.1. The summed E-state index contributed by atoms with van der Waals surface area (Å²) in [5.74, 6) is 0. The van der Waals surface area contributed by atoms with Crippen LogP contribution in [0.4, 0.5) is 0 Å². The van der Waals surface area contributed by atoms with Crippen molar-refractivity contribution in [1.82, 2.24) is 4.90 Å². The second kappa shape index (κ2) is 8.65. The van der Waals surface area contributed by atoms with Crippen LogP contribution in [-0.2, 0) is 4.57 Å². The molecule has 0 fully saturated rings. The van der Waals surface area contributed by atoms with Gasteiger partial charge in [-0.1, -0.05) is 20.8 Å². The van der Waals surface area contributed by atoms with Crippen LogP contribution in [0.25, 0.3) is 0 Å². The molecule has 0 atom stereocenters. The van der Waals surface area contributed by atoms with Gasteiger partial charge in [-0.3, -0.25) is 4.57 Å². The quantitative estimate of drug-likeness (QED) is 0.705. The Morgan fingerprint density at radius 1 is 1.00 bits per heavy atom. The number of hydrogen-bond donors (Lipinski definition) is 0. The number of rotatable bonds is 3. The third-order valence-corrected chi connectivity index (χ3v) is 1.34. The highest BCUT2D eigenvalue weighted by atomic mass is 36.0. The van der Waals surface area contributed by atoms with Crippen molar-refractivity contribution in [3.05, 3.63) is 0 Å². The van der Waals surface area contributed by atoms with Gasteiger partial charge in [0.1, 0.15) is 0 Å². The number of hydrogen-bond acceptors (Lipinski definition) is 2. The van der Waals surface area contributed by atoms with Crippen LogP contribution >= 0.6 is 38.9 Å². The van der Waals surface area contributed by atoms with E-state index in [0.717, 1.165) is 0 Å². The summed E-state index contributed by atoms with van der Waals surface area (Å²) in [4.78, 5) is 2.38. The smallest absolute Gasteiger partial charge is 0.304 e. The van der Waals surface area contributed by atoms with E-state index >= 15 is 0 Å². The lowest BCUT2D eigenvalue weighted by Crippen LogP contribution is -2.21. The Labute approximate surface area is 88.9 Å². The van der Waals surface area contributed by atoms with Crippen LogP contribution in [0.5, 0.6) is 0 Å². The van der Waals surface area contributed by atoms with Crippen molar-refractivity contribution >= 4 is 38.9 Å². The zero-order valence-corrected chi connectivity index (χ0v) is 10.7. The topological polar surface area (TPSA) is 20.3 Å². The minimum Gasteiger partial charge on any atom is -0.304 e. The zero-order chi connectivity index (χ0) is 10.2. The number of halogens is 3. The molecule has 12 heavy (non-hydrogen) atoms. The third kappa shape index (κ3) is 22.5. The molecule has 0 aliphatic rings. The van der Waals surface area contributed by atoms with E-state index in [4.69, 9.17) is 0 Å².